The summed E-state index contributed by atoms with van der Waals surface area (Å²) in [5.41, 5.74) is 2.27. The van der Waals surface area contributed by atoms with E-state index < -0.39 is 0 Å². The zero-order valence-electron chi connectivity index (χ0n) is 18.1. The van der Waals surface area contributed by atoms with E-state index in [2.05, 4.69) is 25.8 Å². The first-order valence-corrected chi connectivity index (χ1v) is 11.9. The van der Waals surface area contributed by atoms with Gasteiger partial charge in [-0.05, 0) is 63.1 Å². The number of amides is 2. The summed E-state index contributed by atoms with van der Waals surface area (Å²) in [6, 6.07) is 8.47. The van der Waals surface area contributed by atoms with Gasteiger partial charge in [-0.25, -0.2) is 0 Å². The SMILES string of the molecule is Cc1nsnc1C(=O)N1CCCC(=O)N2CCCCC2CCc2cccc(c2)OCC1. The number of aromatic nitrogens is 2. The number of ether oxygens (including phenoxy) is 1. The number of hydrogen-bond acceptors (Lipinski definition) is 6. The highest BCUT2D eigenvalue weighted by Crippen LogP contribution is 2.24. The molecule has 1 unspecified atom stereocenters. The van der Waals surface area contributed by atoms with Crippen LogP contribution in [0.25, 0.3) is 0 Å². The number of aryl methyl sites for hydroxylation is 2. The Kier molecular flexibility index (Phi) is 7.17. The van der Waals surface area contributed by atoms with E-state index in [1.807, 2.05) is 12.1 Å². The summed E-state index contributed by atoms with van der Waals surface area (Å²) in [4.78, 5) is 29.9. The molecule has 2 bridgehead atoms. The number of carbonyl (C=O) groups is 2. The molecule has 1 atom stereocenters. The Labute approximate surface area is 187 Å². The first-order valence-electron chi connectivity index (χ1n) is 11.2. The predicted octanol–water partition coefficient (Wildman–Crippen LogP) is 3.48. The summed E-state index contributed by atoms with van der Waals surface area (Å²) in [5.74, 6) is 0.891. The minimum atomic E-state index is -0.142. The van der Waals surface area contributed by atoms with Gasteiger partial charge in [0.2, 0.25) is 5.91 Å². The molecule has 2 aromatic rings. The van der Waals surface area contributed by atoms with E-state index in [0.29, 0.717) is 50.0 Å². The molecule has 1 fully saturated rings. The lowest BCUT2D eigenvalue weighted by Gasteiger charge is -2.36. The molecule has 0 spiro atoms. The van der Waals surface area contributed by atoms with Crippen molar-refractivity contribution < 1.29 is 14.3 Å². The molecule has 3 heterocycles. The summed E-state index contributed by atoms with van der Waals surface area (Å²) < 4.78 is 14.3. The van der Waals surface area contributed by atoms with Gasteiger partial charge in [-0.15, -0.1) is 0 Å². The summed E-state index contributed by atoms with van der Waals surface area (Å²) >= 11 is 1.05. The molecular weight excluding hydrogens is 412 g/mol. The second-order valence-corrected chi connectivity index (χ2v) is 8.89. The molecule has 0 saturated carbocycles. The first kappa shape index (κ1) is 21.7. The van der Waals surface area contributed by atoms with Crippen molar-refractivity contribution in [3.8, 4) is 5.75 Å². The third-order valence-corrected chi connectivity index (χ3v) is 6.82. The fourth-order valence-corrected chi connectivity index (χ4v) is 5.02. The van der Waals surface area contributed by atoms with Gasteiger partial charge in [-0.1, -0.05) is 12.1 Å². The minimum absolute atomic E-state index is 0.142. The summed E-state index contributed by atoms with van der Waals surface area (Å²) in [6.07, 6.45) is 6.35. The van der Waals surface area contributed by atoms with Crippen LogP contribution in [0.5, 0.6) is 5.75 Å². The van der Waals surface area contributed by atoms with E-state index in [1.165, 1.54) is 12.0 Å². The standard InChI is InChI=1S/C23H30N4O3S/c1-17-22(25-31-24-17)23(29)26-12-5-9-21(28)27-13-3-2-7-19(27)11-10-18-6-4-8-20(16-18)30-15-14-26/h4,6,8,16,19H,2-3,5,7,9-15H2,1H3. The van der Waals surface area contributed by atoms with Crippen molar-refractivity contribution in [1.82, 2.24) is 18.5 Å². The third-order valence-electron chi connectivity index (χ3n) is 6.20. The third kappa shape index (κ3) is 5.42. The second kappa shape index (κ2) is 10.2. The van der Waals surface area contributed by atoms with Crippen molar-refractivity contribution >= 4 is 23.5 Å². The monoisotopic (exact) mass is 442 g/mol. The van der Waals surface area contributed by atoms with Crippen molar-refractivity contribution in [3.63, 3.8) is 0 Å². The number of hydrogen-bond donors (Lipinski definition) is 0. The second-order valence-electron chi connectivity index (χ2n) is 8.37. The van der Waals surface area contributed by atoms with Crippen molar-refractivity contribution in [2.45, 2.75) is 57.9 Å². The van der Waals surface area contributed by atoms with E-state index in [9.17, 15) is 9.59 Å². The van der Waals surface area contributed by atoms with Crippen LogP contribution in [0.15, 0.2) is 24.3 Å². The maximum absolute atomic E-state index is 13.0. The Hall–Kier alpha value is -2.48. The maximum Gasteiger partial charge on any atom is 0.275 e. The Bertz CT molecular complexity index is 916. The Morgan fingerprint density at radius 3 is 2.84 bits per heavy atom. The lowest BCUT2D eigenvalue weighted by molar-refractivity contribution is -0.135. The van der Waals surface area contributed by atoms with Crippen LogP contribution in [0.2, 0.25) is 0 Å². The quantitative estimate of drug-likeness (QED) is 0.676. The van der Waals surface area contributed by atoms with E-state index >= 15 is 0 Å². The normalized spacial score (nSPS) is 20.9. The molecule has 2 amide bonds. The van der Waals surface area contributed by atoms with E-state index in [0.717, 1.165) is 49.7 Å². The molecule has 1 aromatic heterocycles. The van der Waals surface area contributed by atoms with Gasteiger partial charge in [0.15, 0.2) is 5.69 Å². The number of nitrogens with zero attached hydrogens (tertiary/aromatic N) is 4. The number of benzene rings is 1. The zero-order chi connectivity index (χ0) is 21.6. The van der Waals surface area contributed by atoms with Crippen molar-refractivity contribution in [2.75, 3.05) is 26.2 Å². The van der Waals surface area contributed by atoms with Gasteiger partial charge in [0.1, 0.15) is 12.4 Å². The lowest BCUT2D eigenvalue weighted by atomic mass is 9.95. The van der Waals surface area contributed by atoms with Gasteiger partial charge in [0.25, 0.3) is 5.91 Å². The molecular formula is C23H30N4O3S. The average molecular weight is 443 g/mol. The summed E-state index contributed by atoms with van der Waals surface area (Å²) in [5, 5.41) is 0. The Morgan fingerprint density at radius 2 is 2.00 bits per heavy atom. The van der Waals surface area contributed by atoms with Gasteiger partial charge in [0, 0.05) is 25.6 Å². The maximum atomic E-state index is 13.0. The smallest absolute Gasteiger partial charge is 0.275 e. The molecule has 7 nitrogen and oxygen atoms in total. The molecule has 1 aromatic carbocycles. The molecule has 0 aliphatic carbocycles. The van der Waals surface area contributed by atoms with Gasteiger partial charge < -0.3 is 14.5 Å². The fraction of sp³-hybridized carbons (Fsp3) is 0.565. The van der Waals surface area contributed by atoms with Crippen LogP contribution in [0.4, 0.5) is 0 Å². The summed E-state index contributed by atoms with van der Waals surface area (Å²) in [7, 11) is 0. The van der Waals surface area contributed by atoms with Crippen molar-refractivity contribution in [2.24, 2.45) is 0 Å². The van der Waals surface area contributed by atoms with Crippen molar-refractivity contribution in [3.05, 3.63) is 41.2 Å². The molecule has 166 valence electrons. The number of rotatable bonds is 1. The first-order chi connectivity index (χ1) is 15.1. The highest BCUT2D eigenvalue weighted by atomic mass is 32.1. The number of carbonyl (C=O) groups excluding carboxylic acids is 2. The van der Waals surface area contributed by atoms with E-state index in [1.54, 1.807) is 11.8 Å². The molecule has 2 aliphatic heterocycles. The van der Waals surface area contributed by atoms with Gasteiger partial charge >= 0.3 is 0 Å². The molecule has 4 rings (SSSR count). The van der Waals surface area contributed by atoms with Crippen LogP contribution in [0.3, 0.4) is 0 Å². The average Bonchev–Trinajstić information content (AvgIpc) is 3.22. The van der Waals surface area contributed by atoms with Gasteiger partial charge in [-0.3, -0.25) is 9.59 Å². The van der Waals surface area contributed by atoms with Crippen LogP contribution in [0, 0.1) is 6.92 Å². The van der Waals surface area contributed by atoms with Gasteiger partial charge in [0.05, 0.1) is 24.0 Å². The van der Waals surface area contributed by atoms with E-state index in [-0.39, 0.29) is 11.8 Å². The van der Waals surface area contributed by atoms with Crippen LogP contribution in [-0.2, 0) is 11.2 Å². The topological polar surface area (TPSA) is 75.6 Å². The Morgan fingerprint density at radius 1 is 1.10 bits per heavy atom. The van der Waals surface area contributed by atoms with Crippen molar-refractivity contribution in [1.29, 1.82) is 0 Å². The minimum Gasteiger partial charge on any atom is -0.492 e. The Balaban J connectivity index is 1.53. The van der Waals surface area contributed by atoms with E-state index in [4.69, 9.17) is 4.74 Å². The molecule has 2 aliphatic rings. The van der Waals surface area contributed by atoms with Crippen LogP contribution in [0.1, 0.15) is 60.3 Å². The molecule has 0 radical (unpaired) electrons. The van der Waals surface area contributed by atoms with Gasteiger partial charge in [-0.2, -0.15) is 8.75 Å². The fourth-order valence-electron chi connectivity index (χ4n) is 4.48. The highest BCUT2D eigenvalue weighted by molar-refractivity contribution is 6.99. The highest BCUT2D eigenvalue weighted by Gasteiger charge is 2.27. The predicted molar refractivity (Wildman–Crippen MR) is 119 cm³/mol. The van der Waals surface area contributed by atoms with Crippen LogP contribution >= 0.6 is 11.7 Å². The molecule has 0 N–H and O–H groups in total. The van der Waals surface area contributed by atoms with Crippen LogP contribution in [-0.4, -0.2) is 62.6 Å². The molecule has 31 heavy (non-hydrogen) atoms. The number of piperidine rings is 1. The largest absolute Gasteiger partial charge is 0.492 e. The number of fused-ring (bicyclic) bond motifs is 3. The molecule has 8 heteroatoms. The molecule has 1 saturated heterocycles. The van der Waals surface area contributed by atoms with Crippen LogP contribution < -0.4 is 4.74 Å². The lowest BCUT2D eigenvalue weighted by Crippen LogP contribution is -2.44. The zero-order valence-corrected chi connectivity index (χ0v) is 18.9. The summed E-state index contributed by atoms with van der Waals surface area (Å²) in [6.45, 7) is 3.99.